The predicted molar refractivity (Wildman–Crippen MR) is 70.8 cm³/mol. The minimum absolute atomic E-state index is 0.185. The molecule has 0 aliphatic rings. The summed E-state index contributed by atoms with van der Waals surface area (Å²) in [6.07, 6.45) is 1.06. The van der Waals surface area contributed by atoms with E-state index >= 15 is 0 Å². The van der Waals surface area contributed by atoms with Crippen molar-refractivity contribution in [1.82, 2.24) is 5.32 Å². The van der Waals surface area contributed by atoms with E-state index in [4.69, 9.17) is 9.84 Å². The van der Waals surface area contributed by atoms with Crippen molar-refractivity contribution in [3.8, 4) is 5.75 Å². The summed E-state index contributed by atoms with van der Waals surface area (Å²) in [5, 5.41) is 11.7. The fourth-order valence-corrected chi connectivity index (χ4v) is 1.56. The summed E-state index contributed by atoms with van der Waals surface area (Å²) in [4.78, 5) is 10.3. The zero-order chi connectivity index (χ0) is 13.4. The normalized spacial score (nSPS) is 10.6. The highest BCUT2D eigenvalue weighted by Gasteiger charge is 1.99. The van der Waals surface area contributed by atoms with Crippen LogP contribution in [-0.2, 0) is 11.3 Å². The molecule has 0 spiro atoms. The molecule has 0 saturated heterocycles. The summed E-state index contributed by atoms with van der Waals surface area (Å²) < 4.78 is 5.55. The van der Waals surface area contributed by atoms with Crippen LogP contribution in [0.1, 0.15) is 32.3 Å². The van der Waals surface area contributed by atoms with Crippen molar-refractivity contribution in [1.29, 1.82) is 0 Å². The van der Waals surface area contributed by atoms with Crippen LogP contribution < -0.4 is 10.1 Å². The van der Waals surface area contributed by atoms with E-state index in [-0.39, 0.29) is 12.5 Å². The largest absolute Gasteiger partial charge is 0.491 e. The van der Waals surface area contributed by atoms with Gasteiger partial charge in [0.05, 0.1) is 6.10 Å². The average molecular weight is 251 g/mol. The molecule has 0 radical (unpaired) electrons. The number of carboxylic acids is 1. The van der Waals surface area contributed by atoms with Crippen molar-refractivity contribution < 1.29 is 14.6 Å². The number of hydrogen-bond donors (Lipinski definition) is 2. The lowest BCUT2D eigenvalue weighted by Gasteiger charge is -2.10. The number of nitrogens with one attached hydrogen (secondary N) is 1. The molecule has 2 N–H and O–H groups in total. The second kappa shape index (κ2) is 7.71. The van der Waals surface area contributed by atoms with Gasteiger partial charge in [0.15, 0.2) is 0 Å². The van der Waals surface area contributed by atoms with Crippen LogP contribution in [0.15, 0.2) is 24.3 Å². The Balaban J connectivity index is 2.24. The van der Waals surface area contributed by atoms with E-state index in [0.29, 0.717) is 6.42 Å². The maximum atomic E-state index is 10.3. The van der Waals surface area contributed by atoms with Gasteiger partial charge in [0.1, 0.15) is 5.75 Å². The maximum absolute atomic E-state index is 10.3. The highest BCUT2D eigenvalue weighted by molar-refractivity contribution is 5.66. The molecule has 4 nitrogen and oxygen atoms in total. The van der Waals surface area contributed by atoms with Crippen LogP contribution in [0.5, 0.6) is 5.75 Å². The van der Waals surface area contributed by atoms with E-state index in [9.17, 15) is 4.79 Å². The first-order chi connectivity index (χ1) is 8.58. The lowest BCUT2D eigenvalue weighted by molar-refractivity contribution is -0.137. The molecule has 18 heavy (non-hydrogen) atoms. The highest BCUT2D eigenvalue weighted by Crippen LogP contribution is 2.13. The van der Waals surface area contributed by atoms with Gasteiger partial charge in [-0.2, -0.15) is 0 Å². The van der Waals surface area contributed by atoms with E-state index in [1.165, 1.54) is 5.56 Å². The van der Waals surface area contributed by atoms with Crippen LogP contribution in [0.2, 0.25) is 0 Å². The third-order valence-electron chi connectivity index (χ3n) is 2.37. The molecule has 4 heteroatoms. The third-order valence-corrected chi connectivity index (χ3v) is 2.37. The fraction of sp³-hybridized carbons (Fsp3) is 0.500. The number of ether oxygens (including phenoxy) is 1. The molecule has 0 unspecified atom stereocenters. The van der Waals surface area contributed by atoms with Crippen molar-refractivity contribution in [2.75, 3.05) is 6.54 Å². The van der Waals surface area contributed by atoms with Crippen molar-refractivity contribution in [3.05, 3.63) is 29.8 Å². The molecule has 0 bridgehead atoms. The van der Waals surface area contributed by atoms with Gasteiger partial charge in [0.25, 0.3) is 0 Å². The number of aliphatic carboxylic acids is 1. The number of carboxylic acid groups (broad SMARTS) is 1. The molecule has 1 aromatic rings. The van der Waals surface area contributed by atoms with Gasteiger partial charge >= 0.3 is 5.97 Å². The Morgan fingerprint density at radius 1 is 1.33 bits per heavy atom. The number of carbonyl (C=O) groups is 1. The molecule has 100 valence electrons. The Morgan fingerprint density at radius 2 is 2.00 bits per heavy atom. The predicted octanol–water partition coefficient (Wildman–Crippen LogP) is 2.43. The van der Waals surface area contributed by atoms with Crippen LogP contribution in [0, 0.1) is 0 Å². The second-order valence-corrected chi connectivity index (χ2v) is 4.48. The van der Waals surface area contributed by atoms with Gasteiger partial charge in [-0.15, -0.1) is 0 Å². The maximum Gasteiger partial charge on any atom is 0.303 e. The monoisotopic (exact) mass is 251 g/mol. The molecule has 0 fully saturated rings. The molecule has 0 aliphatic carbocycles. The van der Waals surface area contributed by atoms with Crippen molar-refractivity contribution >= 4 is 5.97 Å². The van der Waals surface area contributed by atoms with Crippen LogP contribution in [-0.4, -0.2) is 23.7 Å². The average Bonchev–Trinajstić information content (AvgIpc) is 2.30. The van der Waals surface area contributed by atoms with Gasteiger partial charge in [0.2, 0.25) is 0 Å². The molecule has 1 aromatic carbocycles. The Morgan fingerprint density at radius 3 is 2.56 bits per heavy atom. The molecule has 0 aliphatic heterocycles. The Bertz CT molecular complexity index is 360. The van der Waals surface area contributed by atoms with E-state index < -0.39 is 5.97 Å². The summed E-state index contributed by atoms with van der Waals surface area (Å²) in [6, 6.07) is 7.94. The zero-order valence-electron chi connectivity index (χ0n) is 11.0. The molecular formula is C14H21NO3. The van der Waals surface area contributed by atoms with Gasteiger partial charge in [0, 0.05) is 13.0 Å². The smallest absolute Gasteiger partial charge is 0.303 e. The van der Waals surface area contributed by atoms with E-state index in [2.05, 4.69) is 5.32 Å². The Labute approximate surface area is 108 Å². The van der Waals surface area contributed by atoms with E-state index in [0.717, 1.165) is 18.8 Å². The molecular weight excluding hydrogens is 230 g/mol. The molecule has 0 saturated carbocycles. The highest BCUT2D eigenvalue weighted by atomic mass is 16.5. The first-order valence-electron chi connectivity index (χ1n) is 6.26. The number of benzene rings is 1. The molecule has 0 atom stereocenters. The molecule has 0 heterocycles. The first-order valence-corrected chi connectivity index (χ1v) is 6.26. The third kappa shape index (κ3) is 6.25. The Kier molecular flexibility index (Phi) is 6.22. The molecule has 0 amide bonds. The summed E-state index contributed by atoms with van der Waals surface area (Å²) in [5.41, 5.74) is 1.17. The van der Waals surface area contributed by atoms with Crippen molar-refractivity contribution in [2.24, 2.45) is 0 Å². The molecule has 1 rings (SSSR count). The standard InChI is InChI=1S/C14H21NO3/c1-11(2)18-13-7-5-12(6-8-13)10-15-9-3-4-14(16)17/h5-8,11,15H,3-4,9-10H2,1-2H3,(H,16,17). The van der Waals surface area contributed by atoms with Gasteiger partial charge in [-0.05, 0) is 44.5 Å². The molecule has 0 aromatic heterocycles. The number of rotatable bonds is 8. The van der Waals surface area contributed by atoms with Crippen LogP contribution >= 0.6 is 0 Å². The van der Waals surface area contributed by atoms with Crippen molar-refractivity contribution in [3.63, 3.8) is 0 Å². The minimum Gasteiger partial charge on any atom is -0.491 e. The summed E-state index contributed by atoms with van der Waals surface area (Å²) in [6.45, 7) is 5.47. The van der Waals surface area contributed by atoms with E-state index in [1.807, 2.05) is 38.1 Å². The van der Waals surface area contributed by atoms with Crippen LogP contribution in [0.3, 0.4) is 0 Å². The quantitative estimate of drug-likeness (QED) is 0.697. The van der Waals surface area contributed by atoms with Gasteiger partial charge in [-0.1, -0.05) is 12.1 Å². The van der Waals surface area contributed by atoms with Crippen molar-refractivity contribution in [2.45, 2.75) is 39.3 Å². The van der Waals surface area contributed by atoms with Gasteiger partial charge in [-0.25, -0.2) is 0 Å². The second-order valence-electron chi connectivity index (χ2n) is 4.48. The summed E-state index contributed by atoms with van der Waals surface area (Å²) in [7, 11) is 0. The summed E-state index contributed by atoms with van der Waals surface area (Å²) in [5.74, 6) is 0.131. The van der Waals surface area contributed by atoms with Gasteiger partial charge in [-0.3, -0.25) is 4.79 Å². The summed E-state index contributed by atoms with van der Waals surface area (Å²) >= 11 is 0. The number of hydrogen-bond acceptors (Lipinski definition) is 3. The lowest BCUT2D eigenvalue weighted by atomic mass is 10.2. The van der Waals surface area contributed by atoms with Crippen LogP contribution in [0.25, 0.3) is 0 Å². The SMILES string of the molecule is CC(C)Oc1ccc(CNCCCC(=O)O)cc1. The van der Waals surface area contributed by atoms with Crippen LogP contribution in [0.4, 0.5) is 0 Å². The zero-order valence-corrected chi connectivity index (χ0v) is 11.0. The minimum atomic E-state index is -0.744. The Hall–Kier alpha value is -1.55. The van der Waals surface area contributed by atoms with E-state index in [1.54, 1.807) is 0 Å². The topological polar surface area (TPSA) is 58.6 Å². The van der Waals surface area contributed by atoms with Gasteiger partial charge < -0.3 is 15.2 Å². The first kappa shape index (κ1) is 14.5. The fourth-order valence-electron chi connectivity index (χ4n) is 1.56. The lowest BCUT2D eigenvalue weighted by Crippen LogP contribution is -2.15.